The van der Waals surface area contributed by atoms with Gasteiger partial charge in [0.25, 0.3) is 0 Å². The Morgan fingerprint density at radius 2 is 2.43 bits per heavy atom. The van der Waals surface area contributed by atoms with Gasteiger partial charge in [0.05, 0.1) is 5.92 Å². The van der Waals surface area contributed by atoms with Crippen LogP contribution in [0.25, 0.3) is 0 Å². The predicted molar refractivity (Wildman–Crippen MR) is 49.4 cm³/mol. The second kappa shape index (κ2) is 2.60. The van der Waals surface area contributed by atoms with E-state index in [1.165, 1.54) is 6.42 Å². The highest BCUT2D eigenvalue weighted by Crippen LogP contribution is 2.55. The van der Waals surface area contributed by atoms with Gasteiger partial charge in [-0.3, -0.25) is 4.79 Å². The molecule has 0 bridgehead atoms. The summed E-state index contributed by atoms with van der Waals surface area (Å²) in [5.41, 5.74) is -0.280. The van der Waals surface area contributed by atoms with E-state index < -0.39 is 0 Å². The molecule has 3 heteroatoms. The Bertz CT molecular complexity index is 320. The second-order valence-corrected chi connectivity index (χ2v) is 4.51. The summed E-state index contributed by atoms with van der Waals surface area (Å²) in [5.74, 6) is 1.13. The Morgan fingerprint density at radius 3 is 3.21 bits per heavy atom. The van der Waals surface area contributed by atoms with Gasteiger partial charge in [-0.2, -0.15) is 0 Å². The van der Waals surface area contributed by atoms with Crippen LogP contribution in [0.5, 0.6) is 0 Å². The Kier molecular flexibility index (Phi) is 1.57. The normalized spacial score (nSPS) is 45.5. The third-order valence-electron chi connectivity index (χ3n) is 3.73. The molecule has 0 aromatic carbocycles. The van der Waals surface area contributed by atoms with Crippen LogP contribution in [0, 0.1) is 11.8 Å². The van der Waals surface area contributed by atoms with Crippen LogP contribution >= 0.6 is 0 Å². The lowest BCUT2D eigenvalue weighted by Crippen LogP contribution is -2.63. The molecule has 3 aliphatic rings. The van der Waals surface area contributed by atoms with E-state index in [-0.39, 0.29) is 17.5 Å². The molecule has 2 aliphatic heterocycles. The third kappa shape index (κ3) is 0.883. The van der Waals surface area contributed by atoms with Crippen molar-refractivity contribution in [3.63, 3.8) is 0 Å². The van der Waals surface area contributed by atoms with Crippen LogP contribution in [0.2, 0.25) is 0 Å². The van der Waals surface area contributed by atoms with Crippen molar-refractivity contribution in [3.05, 3.63) is 11.8 Å². The Labute approximate surface area is 83.1 Å². The van der Waals surface area contributed by atoms with Gasteiger partial charge < -0.3 is 9.47 Å². The van der Waals surface area contributed by atoms with Crippen molar-refractivity contribution >= 4 is 5.97 Å². The molecule has 2 fully saturated rings. The summed E-state index contributed by atoms with van der Waals surface area (Å²) in [7, 11) is 0. The van der Waals surface area contributed by atoms with Crippen LogP contribution in [0.4, 0.5) is 0 Å². The minimum Gasteiger partial charge on any atom is -0.431 e. The molecule has 1 saturated carbocycles. The lowest BCUT2D eigenvalue weighted by molar-refractivity contribution is -0.211. The second-order valence-electron chi connectivity index (χ2n) is 4.51. The number of esters is 1. The number of ether oxygens (including phenoxy) is 2. The van der Waals surface area contributed by atoms with Crippen LogP contribution in [0.15, 0.2) is 11.8 Å². The maximum Gasteiger partial charge on any atom is 0.317 e. The molecule has 0 amide bonds. The molecule has 1 spiro atoms. The fourth-order valence-corrected chi connectivity index (χ4v) is 3.03. The SMILES string of the molecule is CC1=CC23OCCC[C@H]2CC3C(=O)O1. The summed E-state index contributed by atoms with van der Waals surface area (Å²) in [5, 5.41) is 0. The molecule has 3 rings (SSSR count). The zero-order valence-corrected chi connectivity index (χ0v) is 8.29. The molecular formula is C11H14O3. The third-order valence-corrected chi connectivity index (χ3v) is 3.73. The summed E-state index contributed by atoms with van der Waals surface area (Å²) < 4.78 is 10.9. The van der Waals surface area contributed by atoms with E-state index in [9.17, 15) is 4.79 Å². The van der Waals surface area contributed by atoms with Gasteiger partial charge in [-0.05, 0) is 38.2 Å². The smallest absolute Gasteiger partial charge is 0.317 e. The van der Waals surface area contributed by atoms with E-state index in [4.69, 9.17) is 9.47 Å². The van der Waals surface area contributed by atoms with Crippen molar-refractivity contribution in [2.45, 2.75) is 31.8 Å². The first-order chi connectivity index (χ1) is 6.72. The number of cyclic esters (lactones) is 1. The van der Waals surface area contributed by atoms with Crippen molar-refractivity contribution in [1.82, 2.24) is 0 Å². The Balaban J connectivity index is 1.99. The molecule has 0 N–H and O–H groups in total. The van der Waals surface area contributed by atoms with Crippen molar-refractivity contribution in [2.24, 2.45) is 11.8 Å². The fourth-order valence-electron chi connectivity index (χ4n) is 3.03. The zero-order valence-electron chi connectivity index (χ0n) is 8.29. The van der Waals surface area contributed by atoms with Crippen LogP contribution < -0.4 is 0 Å². The van der Waals surface area contributed by atoms with Gasteiger partial charge in [0.1, 0.15) is 11.4 Å². The van der Waals surface area contributed by atoms with Gasteiger partial charge in [0, 0.05) is 6.61 Å². The van der Waals surface area contributed by atoms with E-state index in [2.05, 4.69) is 0 Å². The molecule has 0 radical (unpaired) electrons. The number of carbonyl (C=O) groups is 1. The molecule has 3 nitrogen and oxygen atoms in total. The van der Waals surface area contributed by atoms with Crippen molar-refractivity contribution < 1.29 is 14.3 Å². The number of carbonyl (C=O) groups excluding carboxylic acids is 1. The molecule has 0 aromatic rings. The van der Waals surface area contributed by atoms with Gasteiger partial charge in [-0.25, -0.2) is 0 Å². The van der Waals surface area contributed by atoms with Gasteiger partial charge >= 0.3 is 5.97 Å². The van der Waals surface area contributed by atoms with Gasteiger partial charge in [-0.1, -0.05) is 0 Å². The molecule has 1 aliphatic carbocycles. The molecule has 76 valence electrons. The first-order valence-electron chi connectivity index (χ1n) is 5.27. The molecule has 1 saturated heterocycles. The molecule has 2 unspecified atom stereocenters. The standard InChI is InChI=1S/C11H14O3/c1-7-6-11-8(3-2-4-13-11)5-9(11)10(12)14-7/h6,8-9H,2-5H2,1H3/t8-,9?,11?/m0/s1. The minimum absolute atomic E-state index is 0.0310. The number of hydrogen-bond donors (Lipinski definition) is 0. The van der Waals surface area contributed by atoms with Crippen molar-refractivity contribution in [1.29, 1.82) is 0 Å². The van der Waals surface area contributed by atoms with Crippen molar-refractivity contribution in [3.8, 4) is 0 Å². The average molecular weight is 194 g/mol. The molecule has 14 heavy (non-hydrogen) atoms. The molecule has 3 atom stereocenters. The zero-order chi connectivity index (χ0) is 9.76. The quantitative estimate of drug-likeness (QED) is 0.550. The highest BCUT2D eigenvalue weighted by Gasteiger charge is 2.61. The molecule has 0 aromatic heterocycles. The van der Waals surface area contributed by atoms with Gasteiger partial charge in [0.2, 0.25) is 0 Å². The predicted octanol–water partition coefficient (Wildman–Crippen LogP) is 1.63. The van der Waals surface area contributed by atoms with Gasteiger partial charge in [0.15, 0.2) is 0 Å². The van der Waals surface area contributed by atoms with Crippen LogP contribution in [-0.4, -0.2) is 18.2 Å². The van der Waals surface area contributed by atoms with E-state index in [0.29, 0.717) is 11.7 Å². The lowest BCUT2D eigenvalue weighted by Gasteiger charge is -2.56. The molecular weight excluding hydrogens is 180 g/mol. The van der Waals surface area contributed by atoms with E-state index in [1.54, 1.807) is 0 Å². The summed E-state index contributed by atoms with van der Waals surface area (Å²) in [6.07, 6.45) is 5.28. The van der Waals surface area contributed by atoms with E-state index >= 15 is 0 Å². The monoisotopic (exact) mass is 194 g/mol. The first-order valence-corrected chi connectivity index (χ1v) is 5.27. The topological polar surface area (TPSA) is 35.5 Å². The Morgan fingerprint density at radius 1 is 1.57 bits per heavy atom. The fraction of sp³-hybridized carbons (Fsp3) is 0.727. The van der Waals surface area contributed by atoms with Crippen LogP contribution in [0.3, 0.4) is 0 Å². The minimum atomic E-state index is -0.280. The molecule has 2 heterocycles. The summed E-state index contributed by atoms with van der Waals surface area (Å²) in [6.45, 7) is 2.61. The summed E-state index contributed by atoms with van der Waals surface area (Å²) in [4.78, 5) is 11.6. The maximum absolute atomic E-state index is 11.6. The highest BCUT2D eigenvalue weighted by atomic mass is 16.6. The number of allylic oxidation sites excluding steroid dienone is 1. The first kappa shape index (κ1) is 8.48. The van der Waals surface area contributed by atoms with Crippen LogP contribution in [0.1, 0.15) is 26.2 Å². The van der Waals surface area contributed by atoms with Gasteiger partial charge in [-0.15, -0.1) is 0 Å². The average Bonchev–Trinajstić information content (AvgIpc) is 2.08. The number of hydrogen-bond acceptors (Lipinski definition) is 3. The summed E-state index contributed by atoms with van der Waals surface area (Å²) in [6, 6.07) is 0. The van der Waals surface area contributed by atoms with Crippen molar-refractivity contribution in [2.75, 3.05) is 6.61 Å². The Hall–Kier alpha value is -0.830. The maximum atomic E-state index is 11.6. The number of rotatable bonds is 0. The van der Waals surface area contributed by atoms with E-state index in [1.807, 2.05) is 13.0 Å². The highest BCUT2D eigenvalue weighted by molar-refractivity contribution is 5.78. The largest absolute Gasteiger partial charge is 0.431 e. The van der Waals surface area contributed by atoms with Crippen LogP contribution in [-0.2, 0) is 14.3 Å². The van der Waals surface area contributed by atoms with E-state index in [0.717, 1.165) is 19.4 Å². The lowest BCUT2D eigenvalue weighted by atomic mass is 9.57. The summed E-state index contributed by atoms with van der Waals surface area (Å²) >= 11 is 0.